The molecule has 0 radical (unpaired) electrons. The van der Waals surface area contributed by atoms with Crippen LogP contribution >= 0.6 is 12.4 Å². The fourth-order valence-electron chi connectivity index (χ4n) is 0.622. The summed E-state index contributed by atoms with van der Waals surface area (Å²) >= 11 is 0. The molecule has 0 aliphatic heterocycles. The minimum Gasteiger partial charge on any atom is -0.395 e. The van der Waals surface area contributed by atoms with Gasteiger partial charge in [0.2, 0.25) is 0 Å². The van der Waals surface area contributed by atoms with E-state index in [1.54, 1.807) is 0 Å². The zero-order chi connectivity index (χ0) is 6.57. The molecule has 0 spiro atoms. The quantitative estimate of drug-likeness (QED) is 0.629. The Morgan fingerprint density at radius 2 is 1.78 bits per heavy atom. The zero-order valence-corrected chi connectivity index (χ0v) is 7.03. The van der Waals surface area contributed by atoms with Crippen molar-refractivity contribution >= 4 is 12.4 Å². The van der Waals surface area contributed by atoms with Crippen LogP contribution in [0.5, 0.6) is 0 Å². The topological polar surface area (TPSA) is 32.3 Å². The molecule has 0 amide bonds. The molecule has 0 unspecified atom stereocenters. The standard InChI is InChI=1S/C6H15NO.ClH/c1-5(2)7-6(3)4-8;/h5-8H,4H2,1-3H3;1H/t6-;/m0./s1. The average Bonchev–Trinajstić information content (AvgIpc) is 1.65. The van der Waals surface area contributed by atoms with Crippen molar-refractivity contribution in [1.82, 2.24) is 5.32 Å². The van der Waals surface area contributed by atoms with Gasteiger partial charge in [0.15, 0.2) is 0 Å². The lowest BCUT2D eigenvalue weighted by atomic mass is 10.3. The largest absolute Gasteiger partial charge is 0.395 e. The predicted octanol–water partition coefficient (Wildman–Crippen LogP) is 0.787. The Kier molecular flexibility index (Phi) is 8.40. The Bertz CT molecular complexity index is 59.0. The van der Waals surface area contributed by atoms with Crippen LogP contribution in [0.1, 0.15) is 20.8 Å². The summed E-state index contributed by atoms with van der Waals surface area (Å²) in [5.41, 5.74) is 0. The summed E-state index contributed by atoms with van der Waals surface area (Å²) in [6, 6.07) is 0.701. The maximum atomic E-state index is 8.52. The van der Waals surface area contributed by atoms with Gasteiger partial charge in [-0.1, -0.05) is 13.8 Å². The van der Waals surface area contributed by atoms with E-state index in [-0.39, 0.29) is 25.1 Å². The second-order valence-electron chi connectivity index (χ2n) is 2.40. The summed E-state index contributed by atoms with van der Waals surface area (Å²) in [5, 5.41) is 11.7. The summed E-state index contributed by atoms with van der Waals surface area (Å²) in [6.07, 6.45) is 0. The first kappa shape index (κ1) is 11.9. The van der Waals surface area contributed by atoms with E-state index in [9.17, 15) is 0 Å². The first-order chi connectivity index (χ1) is 3.66. The lowest BCUT2D eigenvalue weighted by Crippen LogP contribution is -2.34. The Morgan fingerprint density at radius 1 is 1.33 bits per heavy atom. The Morgan fingerprint density at radius 3 is 1.89 bits per heavy atom. The summed E-state index contributed by atoms with van der Waals surface area (Å²) < 4.78 is 0. The second-order valence-corrected chi connectivity index (χ2v) is 2.40. The molecule has 3 heteroatoms. The number of hydrogen-bond acceptors (Lipinski definition) is 2. The van der Waals surface area contributed by atoms with E-state index in [4.69, 9.17) is 5.11 Å². The first-order valence-corrected chi connectivity index (χ1v) is 3.03. The van der Waals surface area contributed by atoms with Crippen molar-refractivity contribution in [2.24, 2.45) is 0 Å². The van der Waals surface area contributed by atoms with Gasteiger partial charge in [-0.25, -0.2) is 0 Å². The molecular weight excluding hydrogens is 138 g/mol. The summed E-state index contributed by atoms with van der Waals surface area (Å²) in [4.78, 5) is 0. The van der Waals surface area contributed by atoms with E-state index in [1.165, 1.54) is 0 Å². The van der Waals surface area contributed by atoms with E-state index >= 15 is 0 Å². The van der Waals surface area contributed by atoms with Crippen molar-refractivity contribution in [1.29, 1.82) is 0 Å². The molecule has 0 saturated carbocycles. The number of nitrogens with one attached hydrogen (secondary N) is 1. The highest BCUT2D eigenvalue weighted by Crippen LogP contribution is 1.82. The lowest BCUT2D eigenvalue weighted by molar-refractivity contribution is 0.245. The summed E-state index contributed by atoms with van der Waals surface area (Å²) in [5.74, 6) is 0. The molecule has 0 aliphatic carbocycles. The second kappa shape index (κ2) is 6.33. The molecule has 0 aliphatic rings. The van der Waals surface area contributed by atoms with E-state index in [0.29, 0.717) is 6.04 Å². The van der Waals surface area contributed by atoms with E-state index in [0.717, 1.165) is 0 Å². The minimum absolute atomic E-state index is 0. The van der Waals surface area contributed by atoms with Gasteiger partial charge in [-0.15, -0.1) is 12.4 Å². The molecular formula is C6H16ClNO. The van der Waals surface area contributed by atoms with Gasteiger partial charge in [0.25, 0.3) is 0 Å². The highest BCUT2D eigenvalue weighted by Gasteiger charge is 1.98. The van der Waals surface area contributed by atoms with Gasteiger partial charge < -0.3 is 10.4 Å². The van der Waals surface area contributed by atoms with E-state index in [1.807, 2.05) is 6.92 Å². The van der Waals surface area contributed by atoms with Gasteiger partial charge >= 0.3 is 0 Å². The Hall–Kier alpha value is 0.210. The van der Waals surface area contributed by atoms with Crippen molar-refractivity contribution in [3.8, 4) is 0 Å². The van der Waals surface area contributed by atoms with Crippen LogP contribution in [0.15, 0.2) is 0 Å². The molecule has 0 saturated heterocycles. The molecule has 0 aromatic carbocycles. The monoisotopic (exact) mass is 153 g/mol. The van der Waals surface area contributed by atoms with Crippen LogP contribution < -0.4 is 5.32 Å². The number of hydrogen-bond donors (Lipinski definition) is 2. The Labute approximate surface area is 63.1 Å². The number of halogens is 1. The molecule has 1 atom stereocenters. The Balaban J connectivity index is 0. The maximum absolute atomic E-state index is 8.52. The van der Waals surface area contributed by atoms with Crippen molar-refractivity contribution in [2.75, 3.05) is 6.61 Å². The smallest absolute Gasteiger partial charge is 0.0582 e. The van der Waals surface area contributed by atoms with Crippen LogP contribution in [0.4, 0.5) is 0 Å². The lowest BCUT2D eigenvalue weighted by Gasteiger charge is -2.12. The fraction of sp³-hybridized carbons (Fsp3) is 1.00. The van der Waals surface area contributed by atoms with E-state index < -0.39 is 0 Å². The van der Waals surface area contributed by atoms with Gasteiger partial charge in [-0.3, -0.25) is 0 Å². The molecule has 0 rings (SSSR count). The first-order valence-electron chi connectivity index (χ1n) is 3.03. The molecule has 0 aromatic rings. The van der Waals surface area contributed by atoms with Crippen LogP contribution in [0, 0.1) is 0 Å². The van der Waals surface area contributed by atoms with Gasteiger partial charge in [0, 0.05) is 12.1 Å². The van der Waals surface area contributed by atoms with Crippen molar-refractivity contribution in [2.45, 2.75) is 32.9 Å². The molecule has 0 heterocycles. The molecule has 0 aromatic heterocycles. The highest BCUT2D eigenvalue weighted by molar-refractivity contribution is 5.85. The molecule has 0 bridgehead atoms. The van der Waals surface area contributed by atoms with Gasteiger partial charge in [-0.05, 0) is 6.92 Å². The summed E-state index contributed by atoms with van der Waals surface area (Å²) in [7, 11) is 0. The van der Waals surface area contributed by atoms with E-state index in [2.05, 4.69) is 19.2 Å². The molecule has 2 nitrogen and oxygen atoms in total. The van der Waals surface area contributed by atoms with Crippen LogP contribution in [0.3, 0.4) is 0 Å². The van der Waals surface area contributed by atoms with Crippen molar-refractivity contribution in [3.05, 3.63) is 0 Å². The SMILES string of the molecule is CC(C)N[C@@H](C)CO.Cl. The third-order valence-corrected chi connectivity index (χ3v) is 0.892. The normalized spacial score (nSPS) is 13.0. The highest BCUT2D eigenvalue weighted by atomic mass is 35.5. The number of rotatable bonds is 3. The third-order valence-electron chi connectivity index (χ3n) is 0.892. The minimum atomic E-state index is 0. The molecule has 0 fully saturated rings. The predicted molar refractivity (Wildman–Crippen MR) is 42.1 cm³/mol. The number of aliphatic hydroxyl groups is 1. The third kappa shape index (κ3) is 8.21. The number of aliphatic hydroxyl groups excluding tert-OH is 1. The average molecular weight is 154 g/mol. The zero-order valence-electron chi connectivity index (χ0n) is 6.22. The van der Waals surface area contributed by atoms with Gasteiger partial charge in [0.1, 0.15) is 0 Å². The van der Waals surface area contributed by atoms with Gasteiger partial charge in [0.05, 0.1) is 6.61 Å². The van der Waals surface area contributed by atoms with Crippen LogP contribution in [-0.4, -0.2) is 23.8 Å². The van der Waals surface area contributed by atoms with Gasteiger partial charge in [-0.2, -0.15) is 0 Å². The van der Waals surface area contributed by atoms with Crippen LogP contribution in [-0.2, 0) is 0 Å². The fourth-order valence-corrected chi connectivity index (χ4v) is 0.622. The van der Waals surface area contributed by atoms with Crippen LogP contribution in [0.2, 0.25) is 0 Å². The molecule has 58 valence electrons. The van der Waals surface area contributed by atoms with Crippen molar-refractivity contribution in [3.63, 3.8) is 0 Å². The molecule has 2 N–H and O–H groups in total. The van der Waals surface area contributed by atoms with Crippen molar-refractivity contribution < 1.29 is 5.11 Å². The van der Waals surface area contributed by atoms with Crippen LogP contribution in [0.25, 0.3) is 0 Å². The molecule has 9 heavy (non-hydrogen) atoms. The summed E-state index contributed by atoms with van der Waals surface area (Å²) in [6.45, 7) is 6.30. The maximum Gasteiger partial charge on any atom is 0.0582 e.